The standard InChI is InChI=1S/C8H15N2.C4H3BN3/c1-3-4-5-10-7-6-9(2)8-10;1-5(2-6,3-7)4-8/h6-8H,3-5H2,1-2H3;1H3/q+1;-1. The van der Waals surface area contributed by atoms with Crippen molar-refractivity contribution in [3.63, 3.8) is 0 Å². The average molecular weight is 243 g/mol. The Morgan fingerprint density at radius 1 is 1.22 bits per heavy atom. The molecule has 0 saturated heterocycles. The van der Waals surface area contributed by atoms with Crippen molar-refractivity contribution in [2.45, 2.75) is 33.1 Å². The highest BCUT2D eigenvalue weighted by molar-refractivity contribution is 6.98. The average Bonchev–Trinajstić information content (AvgIpc) is 2.82. The van der Waals surface area contributed by atoms with Crippen LogP contribution in [0, 0.1) is 33.7 Å². The van der Waals surface area contributed by atoms with E-state index in [1.54, 1.807) is 17.9 Å². The molecule has 0 saturated carbocycles. The monoisotopic (exact) mass is 243 g/mol. The zero-order chi connectivity index (χ0) is 14.0. The molecule has 0 aliphatic heterocycles. The van der Waals surface area contributed by atoms with E-state index in [1.807, 2.05) is 7.05 Å². The molecule has 0 atom stereocenters. The number of hydrogen-bond acceptors (Lipinski definition) is 3. The van der Waals surface area contributed by atoms with Gasteiger partial charge in [0.25, 0.3) is 6.15 Å². The van der Waals surface area contributed by atoms with Crippen molar-refractivity contribution in [1.29, 1.82) is 15.8 Å². The third-order valence-electron chi connectivity index (χ3n) is 2.37. The van der Waals surface area contributed by atoms with Crippen LogP contribution < -0.4 is 4.57 Å². The van der Waals surface area contributed by atoms with E-state index in [0.29, 0.717) is 0 Å². The maximum atomic E-state index is 8.12. The molecule has 0 unspecified atom stereocenters. The molecular formula is C12H18BN5. The molecule has 5 nitrogen and oxygen atoms in total. The van der Waals surface area contributed by atoms with E-state index >= 15 is 0 Å². The lowest BCUT2D eigenvalue weighted by Crippen LogP contribution is -2.30. The predicted molar refractivity (Wildman–Crippen MR) is 69.0 cm³/mol. The minimum Gasteiger partial charge on any atom is -0.247 e. The lowest BCUT2D eigenvalue weighted by Gasteiger charge is -2.01. The van der Waals surface area contributed by atoms with Crippen molar-refractivity contribution in [3.8, 4) is 17.9 Å². The van der Waals surface area contributed by atoms with Crippen LogP contribution in [0.15, 0.2) is 18.7 Å². The summed E-state index contributed by atoms with van der Waals surface area (Å²) >= 11 is 0. The van der Waals surface area contributed by atoms with Crippen molar-refractivity contribution < 1.29 is 4.57 Å². The number of hydrogen-bond donors (Lipinski definition) is 0. The molecule has 6 heteroatoms. The lowest BCUT2D eigenvalue weighted by atomic mass is 9.31. The van der Waals surface area contributed by atoms with Crippen LogP contribution >= 0.6 is 0 Å². The molecule has 0 aromatic carbocycles. The van der Waals surface area contributed by atoms with Crippen molar-refractivity contribution in [2.75, 3.05) is 0 Å². The molecule has 0 aliphatic carbocycles. The second kappa shape index (κ2) is 7.93. The molecule has 18 heavy (non-hydrogen) atoms. The summed E-state index contributed by atoms with van der Waals surface area (Å²) in [7, 11) is 2.04. The van der Waals surface area contributed by atoms with Gasteiger partial charge in [-0.3, -0.25) is 0 Å². The maximum absolute atomic E-state index is 8.12. The zero-order valence-electron chi connectivity index (χ0n) is 11.2. The van der Waals surface area contributed by atoms with Crippen LogP contribution in [0.3, 0.4) is 0 Å². The Balaban J connectivity index is 0.000000331. The molecule has 1 aromatic heterocycles. The smallest absolute Gasteiger partial charge is 0.247 e. The van der Waals surface area contributed by atoms with Crippen molar-refractivity contribution in [1.82, 2.24) is 4.57 Å². The Bertz CT molecular complexity index is 450. The van der Waals surface area contributed by atoms with Gasteiger partial charge in [0.05, 0.1) is 13.6 Å². The summed E-state index contributed by atoms with van der Waals surface area (Å²) in [5.74, 6) is 4.85. The summed E-state index contributed by atoms with van der Waals surface area (Å²) in [5, 5.41) is 24.4. The first-order valence-corrected chi connectivity index (χ1v) is 5.95. The molecule has 1 aromatic rings. The third kappa shape index (κ3) is 5.73. The van der Waals surface area contributed by atoms with Crippen molar-refractivity contribution >= 4 is 6.15 Å². The van der Waals surface area contributed by atoms with Crippen LogP contribution in [0.1, 0.15) is 19.8 Å². The fraction of sp³-hybridized carbons (Fsp3) is 0.500. The van der Waals surface area contributed by atoms with Gasteiger partial charge in [-0.2, -0.15) is 6.82 Å². The highest BCUT2D eigenvalue weighted by atomic mass is 15.1. The summed E-state index contributed by atoms with van der Waals surface area (Å²) in [5.41, 5.74) is 0. The molecule has 0 spiro atoms. The molecule has 0 bridgehead atoms. The lowest BCUT2D eigenvalue weighted by molar-refractivity contribution is -0.696. The fourth-order valence-corrected chi connectivity index (χ4v) is 1.06. The number of rotatable bonds is 3. The number of aryl methyl sites for hydroxylation is 2. The molecule has 0 radical (unpaired) electrons. The van der Waals surface area contributed by atoms with Crippen molar-refractivity contribution in [2.24, 2.45) is 7.05 Å². The van der Waals surface area contributed by atoms with Crippen LogP contribution in [0.2, 0.25) is 6.82 Å². The van der Waals surface area contributed by atoms with Gasteiger partial charge < -0.3 is 0 Å². The van der Waals surface area contributed by atoms with E-state index in [9.17, 15) is 0 Å². The minimum atomic E-state index is -2.04. The second-order valence-electron chi connectivity index (χ2n) is 4.36. The van der Waals surface area contributed by atoms with Crippen LogP contribution in [-0.2, 0) is 13.6 Å². The van der Waals surface area contributed by atoms with E-state index in [2.05, 4.69) is 34.8 Å². The molecule has 0 amide bonds. The predicted octanol–water partition coefficient (Wildman–Crippen LogP) is 1.37. The highest BCUT2D eigenvalue weighted by Gasteiger charge is 2.15. The highest BCUT2D eigenvalue weighted by Crippen LogP contribution is 1.93. The summed E-state index contributed by atoms with van der Waals surface area (Å²) < 4.78 is 4.28. The number of imidazole rings is 1. The van der Waals surface area contributed by atoms with Gasteiger partial charge in [-0.05, 0) is 6.42 Å². The molecule has 0 N–H and O–H groups in total. The fourth-order valence-electron chi connectivity index (χ4n) is 1.06. The van der Waals surface area contributed by atoms with Gasteiger partial charge in [0, 0.05) is 0 Å². The van der Waals surface area contributed by atoms with E-state index in [4.69, 9.17) is 15.8 Å². The number of nitrogens with zero attached hydrogens (tertiary/aromatic N) is 5. The zero-order valence-corrected chi connectivity index (χ0v) is 11.2. The maximum Gasteiger partial charge on any atom is 0.296 e. The number of nitriles is 3. The Kier molecular flexibility index (Phi) is 6.93. The third-order valence-corrected chi connectivity index (χ3v) is 2.37. The van der Waals surface area contributed by atoms with E-state index < -0.39 is 6.15 Å². The van der Waals surface area contributed by atoms with Gasteiger partial charge in [-0.15, -0.1) is 17.9 Å². The van der Waals surface area contributed by atoms with E-state index in [0.717, 1.165) is 6.54 Å². The van der Waals surface area contributed by atoms with Gasteiger partial charge in [-0.25, -0.2) is 24.9 Å². The van der Waals surface area contributed by atoms with Crippen molar-refractivity contribution in [3.05, 3.63) is 18.7 Å². The SMILES string of the molecule is CCCC[n+]1ccn(C)c1.C[B-](C#N)(C#N)C#N. The Labute approximate surface area is 108 Å². The van der Waals surface area contributed by atoms with Crippen LogP contribution in [-0.4, -0.2) is 10.7 Å². The molecule has 0 fully saturated rings. The van der Waals surface area contributed by atoms with Gasteiger partial charge in [0.15, 0.2) is 0 Å². The Morgan fingerprint density at radius 3 is 2.06 bits per heavy atom. The molecular weight excluding hydrogens is 225 g/mol. The molecule has 1 rings (SSSR count). The molecule has 1 heterocycles. The van der Waals surface area contributed by atoms with Gasteiger partial charge in [0.2, 0.25) is 6.33 Å². The van der Waals surface area contributed by atoms with Gasteiger partial charge in [0.1, 0.15) is 12.4 Å². The van der Waals surface area contributed by atoms with Crippen LogP contribution in [0.4, 0.5) is 0 Å². The van der Waals surface area contributed by atoms with Crippen LogP contribution in [0.5, 0.6) is 0 Å². The van der Waals surface area contributed by atoms with E-state index in [-0.39, 0.29) is 0 Å². The summed E-state index contributed by atoms with van der Waals surface area (Å²) in [6.45, 7) is 4.70. The first-order chi connectivity index (χ1) is 8.51. The van der Waals surface area contributed by atoms with Crippen LogP contribution in [0.25, 0.3) is 0 Å². The normalized spacial score (nSPS) is 9.33. The molecule has 0 aliphatic rings. The Hall–Kier alpha value is -2.26. The molecule has 94 valence electrons. The first kappa shape index (κ1) is 15.7. The van der Waals surface area contributed by atoms with E-state index in [1.165, 1.54) is 19.7 Å². The quantitative estimate of drug-likeness (QED) is 0.593. The summed E-state index contributed by atoms with van der Waals surface area (Å²) in [6, 6.07) is 0. The Morgan fingerprint density at radius 2 is 1.78 bits per heavy atom. The second-order valence-corrected chi connectivity index (χ2v) is 4.36. The summed E-state index contributed by atoms with van der Waals surface area (Å²) in [6.07, 6.45) is 6.78. The largest absolute Gasteiger partial charge is 0.296 e. The summed E-state index contributed by atoms with van der Waals surface area (Å²) in [4.78, 5) is 0. The topological polar surface area (TPSA) is 80.2 Å². The van der Waals surface area contributed by atoms with Gasteiger partial charge in [-0.1, -0.05) is 13.3 Å². The van der Waals surface area contributed by atoms with Gasteiger partial charge >= 0.3 is 0 Å². The first-order valence-electron chi connectivity index (χ1n) is 5.95. The number of aromatic nitrogens is 2. The minimum absolute atomic E-state index is 1.15. The number of unbranched alkanes of at least 4 members (excludes halogenated alkanes) is 1.